The fourth-order valence-corrected chi connectivity index (χ4v) is 5.42. The highest BCUT2D eigenvalue weighted by molar-refractivity contribution is 5.37. The minimum Gasteiger partial charge on any atom is -0.496 e. The van der Waals surface area contributed by atoms with Crippen molar-refractivity contribution in [3.63, 3.8) is 0 Å². The monoisotopic (exact) mass is 430 g/mol. The second-order valence-corrected chi connectivity index (χ2v) is 9.11. The molecule has 0 radical (unpaired) electrons. The van der Waals surface area contributed by atoms with Crippen LogP contribution < -0.4 is 10.1 Å². The molecule has 1 heterocycles. The maximum atomic E-state index is 5.68. The van der Waals surface area contributed by atoms with Gasteiger partial charge in [-0.15, -0.1) is 0 Å². The summed E-state index contributed by atoms with van der Waals surface area (Å²) in [4.78, 5) is 2.54. The van der Waals surface area contributed by atoms with E-state index in [4.69, 9.17) is 4.74 Å². The van der Waals surface area contributed by atoms with E-state index in [0.717, 1.165) is 25.3 Å². The van der Waals surface area contributed by atoms with Crippen molar-refractivity contribution < 1.29 is 4.74 Å². The van der Waals surface area contributed by atoms with Gasteiger partial charge in [-0.25, -0.2) is 0 Å². The average molecular weight is 431 g/mol. The number of ether oxygens (including phenoxy) is 1. The van der Waals surface area contributed by atoms with Crippen LogP contribution in [0.4, 0.5) is 0 Å². The van der Waals surface area contributed by atoms with E-state index < -0.39 is 0 Å². The van der Waals surface area contributed by atoms with E-state index in [1.54, 1.807) is 7.11 Å². The third kappa shape index (κ3) is 5.45. The van der Waals surface area contributed by atoms with E-state index in [2.05, 4.69) is 90.1 Å². The molecule has 1 N–H and O–H groups in total. The zero-order valence-electron chi connectivity index (χ0n) is 19.7. The third-order valence-electron chi connectivity index (χ3n) is 7.12. The van der Waals surface area contributed by atoms with E-state index in [-0.39, 0.29) is 0 Å². The second kappa shape index (κ2) is 11.4. The van der Waals surface area contributed by atoms with Gasteiger partial charge in [0.1, 0.15) is 5.75 Å². The van der Waals surface area contributed by atoms with E-state index >= 15 is 0 Å². The maximum Gasteiger partial charge on any atom is 0.123 e. The first-order chi connectivity index (χ1) is 15.8. The van der Waals surface area contributed by atoms with Gasteiger partial charge in [0.05, 0.1) is 13.2 Å². The zero-order chi connectivity index (χ0) is 22.2. The van der Waals surface area contributed by atoms with Gasteiger partial charge in [0.2, 0.25) is 0 Å². The van der Waals surface area contributed by atoms with Crippen molar-refractivity contribution in [1.82, 2.24) is 10.2 Å². The number of benzene rings is 2. The van der Waals surface area contributed by atoms with Gasteiger partial charge in [0, 0.05) is 24.7 Å². The average Bonchev–Trinajstić information content (AvgIpc) is 3.09. The topological polar surface area (TPSA) is 24.5 Å². The van der Waals surface area contributed by atoms with Crippen LogP contribution >= 0.6 is 0 Å². The quantitative estimate of drug-likeness (QED) is 0.489. The molecule has 3 atom stereocenters. The highest BCUT2D eigenvalue weighted by Gasteiger charge is 2.34. The highest BCUT2D eigenvalue weighted by atomic mass is 16.5. The number of nitrogens with one attached hydrogen (secondary N) is 1. The molecule has 1 fully saturated rings. The molecule has 0 bridgehead atoms. The predicted octanol–water partition coefficient (Wildman–Crippen LogP) is 6.42. The van der Waals surface area contributed by atoms with Crippen LogP contribution in [0, 0.1) is 5.92 Å². The molecule has 0 saturated heterocycles. The highest BCUT2D eigenvalue weighted by Crippen LogP contribution is 2.39. The molecular weight excluding hydrogens is 392 g/mol. The molecular formula is C29H38N2O. The summed E-state index contributed by atoms with van der Waals surface area (Å²) in [6, 6.07) is 18.6. The van der Waals surface area contributed by atoms with Crippen molar-refractivity contribution in [2.45, 2.75) is 64.1 Å². The lowest BCUT2D eigenvalue weighted by Crippen LogP contribution is -2.43. The first-order valence-electron chi connectivity index (χ1n) is 12.3. The van der Waals surface area contributed by atoms with Crippen molar-refractivity contribution in [2.75, 3.05) is 13.7 Å². The molecule has 0 amide bonds. The molecule has 2 aliphatic rings. The van der Waals surface area contributed by atoms with E-state index in [1.165, 1.54) is 48.8 Å². The Bertz CT molecular complexity index is 905. The molecule has 1 aliphatic heterocycles. The normalized spacial score (nSPS) is 21.9. The molecule has 3 nitrogen and oxygen atoms in total. The summed E-state index contributed by atoms with van der Waals surface area (Å²) in [7, 11) is 1.78. The number of aryl methyl sites for hydroxylation is 1. The molecule has 0 spiro atoms. The molecule has 2 aromatic carbocycles. The summed E-state index contributed by atoms with van der Waals surface area (Å²) >= 11 is 0. The van der Waals surface area contributed by atoms with Crippen molar-refractivity contribution >= 4 is 0 Å². The fourth-order valence-electron chi connectivity index (χ4n) is 5.42. The number of rotatable bonds is 8. The fraction of sp³-hybridized carbons (Fsp3) is 0.448. The Morgan fingerprint density at radius 1 is 1.03 bits per heavy atom. The van der Waals surface area contributed by atoms with Crippen LogP contribution in [-0.2, 0) is 13.0 Å². The zero-order valence-corrected chi connectivity index (χ0v) is 19.7. The molecule has 32 heavy (non-hydrogen) atoms. The molecule has 1 saturated carbocycles. The smallest absolute Gasteiger partial charge is 0.123 e. The Morgan fingerprint density at radius 2 is 1.88 bits per heavy atom. The van der Waals surface area contributed by atoms with Crippen molar-refractivity contribution in [1.29, 1.82) is 0 Å². The largest absolute Gasteiger partial charge is 0.496 e. The van der Waals surface area contributed by atoms with Crippen LogP contribution in [0.15, 0.2) is 73.0 Å². The lowest BCUT2D eigenvalue weighted by atomic mass is 9.82. The SMILES string of the molecule is CCc1ccc(OC)c(CN[C@H]2CCCCC[C@H]2C(c2ccccc2)N2C=CC=CC2)c1. The first-order valence-corrected chi connectivity index (χ1v) is 12.3. The predicted molar refractivity (Wildman–Crippen MR) is 134 cm³/mol. The van der Waals surface area contributed by atoms with Crippen LogP contribution in [0.1, 0.15) is 61.8 Å². The lowest BCUT2D eigenvalue weighted by Gasteiger charge is -2.41. The van der Waals surface area contributed by atoms with Gasteiger partial charge >= 0.3 is 0 Å². The summed E-state index contributed by atoms with van der Waals surface area (Å²) < 4.78 is 5.68. The summed E-state index contributed by atoms with van der Waals surface area (Å²) in [6.45, 7) is 4.05. The summed E-state index contributed by atoms with van der Waals surface area (Å²) in [6.07, 6.45) is 16.4. The van der Waals surface area contributed by atoms with Gasteiger partial charge in [-0.3, -0.25) is 0 Å². The molecule has 170 valence electrons. The minimum atomic E-state index is 0.386. The van der Waals surface area contributed by atoms with Crippen LogP contribution in [0.25, 0.3) is 0 Å². The molecule has 0 aromatic heterocycles. The maximum absolute atomic E-state index is 5.68. The standard InChI is InChI=1S/C29H38N2O/c1-3-23-17-18-28(32-2)25(21-23)22-30-27-16-10-5-9-15-26(27)29(24-13-7-4-8-14-24)31-19-11-6-12-20-31/h4,6-8,11-14,17-19,21,26-27,29-30H,3,5,9-10,15-16,20,22H2,1-2H3/t26-,27+,29?/m1/s1. The van der Waals surface area contributed by atoms with Crippen LogP contribution in [0.5, 0.6) is 5.75 Å². The summed E-state index contributed by atoms with van der Waals surface area (Å²) in [5.74, 6) is 1.56. The van der Waals surface area contributed by atoms with Gasteiger partial charge < -0.3 is 15.0 Å². The molecule has 3 heteroatoms. The van der Waals surface area contributed by atoms with Gasteiger partial charge in [0.25, 0.3) is 0 Å². The Balaban J connectivity index is 1.60. The van der Waals surface area contributed by atoms with E-state index in [0.29, 0.717) is 18.0 Å². The summed E-state index contributed by atoms with van der Waals surface area (Å²) in [5.41, 5.74) is 4.07. The Kier molecular flexibility index (Phi) is 8.06. The van der Waals surface area contributed by atoms with Crippen LogP contribution in [-0.4, -0.2) is 24.6 Å². The van der Waals surface area contributed by atoms with E-state index in [1.807, 2.05) is 0 Å². The molecule has 4 rings (SSSR count). The molecule has 1 unspecified atom stereocenters. The summed E-state index contributed by atoms with van der Waals surface area (Å²) in [5, 5.41) is 3.99. The first kappa shape index (κ1) is 22.7. The third-order valence-corrected chi connectivity index (χ3v) is 7.12. The Morgan fingerprint density at radius 3 is 2.62 bits per heavy atom. The van der Waals surface area contributed by atoms with Crippen LogP contribution in [0.2, 0.25) is 0 Å². The van der Waals surface area contributed by atoms with Gasteiger partial charge in [0.15, 0.2) is 0 Å². The molecule has 2 aromatic rings. The van der Waals surface area contributed by atoms with Gasteiger partial charge in [-0.1, -0.05) is 80.8 Å². The van der Waals surface area contributed by atoms with Gasteiger partial charge in [-0.05, 0) is 54.6 Å². The number of hydrogen-bond acceptors (Lipinski definition) is 3. The Labute approximate surface area is 194 Å². The number of allylic oxidation sites excluding steroid dienone is 2. The lowest BCUT2D eigenvalue weighted by molar-refractivity contribution is 0.165. The van der Waals surface area contributed by atoms with Crippen LogP contribution in [0.3, 0.4) is 0 Å². The number of hydrogen-bond donors (Lipinski definition) is 1. The number of nitrogens with zero attached hydrogens (tertiary/aromatic N) is 1. The van der Waals surface area contributed by atoms with E-state index in [9.17, 15) is 0 Å². The minimum absolute atomic E-state index is 0.386. The Hall–Kier alpha value is -2.52. The second-order valence-electron chi connectivity index (χ2n) is 9.11. The van der Waals surface area contributed by atoms with Crippen molar-refractivity contribution in [3.05, 3.63) is 89.6 Å². The molecule has 1 aliphatic carbocycles. The van der Waals surface area contributed by atoms with Gasteiger partial charge in [-0.2, -0.15) is 0 Å². The van der Waals surface area contributed by atoms with Crippen molar-refractivity contribution in [2.24, 2.45) is 5.92 Å². The van der Waals surface area contributed by atoms with Crippen molar-refractivity contribution in [3.8, 4) is 5.75 Å². The number of methoxy groups -OCH3 is 1.